The number of hydrogen-bond donors (Lipinski definition) is 0. The van der Waals surface area contributed by atoms with Gasteiger partial charge in [-0.15, -0.1) is 0 Å². The molecule has 1 fully saturated rings. The van der Waals surface area contributed by atoms with E-state index in [2.05, 4.69) is 24.3 Å². The van der Waals surface area contributed by atoms with Gasteiger partial charge in [-0.1, -0.05) is 24.3 Å². The van der Waals surface area contributed by atoms with Gasteiger partial charge >= 0.3 is 0 Å². The molecule has 80 valence electrons. The molecule has 3 aliphatic rings. The monoisotopic (exact) mass is 203 g/mol. The zero-order valence-corrected chi connectivity index (χ0v) is 8.98. The van der Waals surface area contributed by atoms with E-state index in [0.29, 0.717) is 0 Å². The van der Waals surface area contributed by atoms with Crippen LogP contribution in [0.15, 0.2) is 35.5 Å². The van der Waals surface area contributed by atoms with E-state index in [1.165, 1.54) is 36.8 Å². The van der Waals surface area contributed by atoms with E-state index >= 15 is 0 Å². The summed E-state index contributed by atoms with van der Waals surface area (Å²) in [5.74, 6) is 0. The van der Waals surface area contributed by atoms with Crippen LogP contribution < -0.4 is 0 Å². The van der Waals surface area contributed by atoms with Gasteiger partial charge in [0.15, 0.2) is 0 Å². The van der Waals surface area contributed by atoms with Gasteiger partial charge in [-0.3, -0.25) is 4.79 Å². The van der Waals surface area contributed by atoms with E-state index < -0.39 is 0 Å². The highest BCUT2D eigenvalue weighted by Crippen LogP contribution is 2.27. The van der Waals surface area contributed by atoms with Gasteiger partial charge in [-0.25, -0.2) is 0 Å². The highest BCUT2D eigenvalue weighted by Gasteiger charge is 2.07. The molecule has 0 atom stereocenters. The highest BCUT2D eigenvalue weighted by atomic mass is 16.1. The summed E-state index contributed by atoms with van der Waals surface area (Å²) in [6, 6.07) is 0. The lowest BCUT2D eigenvalue weighted by Crippen LogP contribution is -2.27. The number of hydrogen-bond acceptors (Lipinski definition) is 1. The first-order chi connectivity index (χ1) is 7.38. The smallest absolute Gasteiger partial charge is 0.209 e. The molecule has 0 aromatic carbocycles. The second kappa shape index (κ2) is 4.96. The van der Waals surface area contributed by atoms with Gasteiger partial charge in [0.05, 0.1) is 0 Å². The van der Waals surface area contributed by atoms with Crippen LogP contribution in [0.25, 0.3) is 0 Å². The molecule has 1 amide bonds. The Labute approximate surface area is 91.0 Å². The maximum absolute atomic E-state index is 10.1. The van der Waals surface area contributed by atoms with Gasteiger partial charge in [0.25, 0.3) is 0 Å². The molecule has 0 unspecified atom stereocenters. The fourth-order valence-electron chi connectivity index (χ4n) is 2.03. The maximum atomic E-state index is 10.1. The predicted molar refractivity (Wildman–Crippen MR) is 61.4 cm³/mol. The lowest BCUT2D eigenvalue weighted by molar-refractivity contribution is -0.118. The third-order valence-electron chi connectivity index (χ3n) is 2.97. The normalized spacial score (nSPS) is 21.7. The van der Waals surface area contributed by atoms with E-state index in [4.69, 9.17) is 0 Å². The van der Waals surface area contributed by atoms with Crippen molar-refractivity contribution in [1.29, 1.82) is 0 Å². The van der Waals surface area contributed by atoms with Crippen molar-refractivity contribution >= 4 is 6.41 Å². The Balaban J connectivity index is 0.000000114. The Morgan fingerprint density at radius 2 is 1.60 bits per heavy atom. The van der Waals surface area contributed by atoms with Crippen molar-refractivity contribution < 1.29 is 4.79 Å². The van der Waals surface area contributed by atoms with Crippen molar-refractivity contribution in [1.82, 2.24) is 4.90 Å². The number of likely N-dealkylation sites (tertiary alicyclic amines) is 1. The van der Waals surface area contributed by atoms with Crippen molar-refractivity contribution in [3.05, 3.63) is 35.5 Å². The first kappa shape index (κ1) is 10.2. The fraction of sp³-hybridized carbons (Fsp3) is 0.462. The molecule has 2 heteroatoms. The molecule has 0 saturated carbocycles. The Hall–Kier alpha value is -1.31. The molecule has 0 radical (unpaired) electrons. The number of nitrogens with zero attached hydrogens (tertiary/aromatic N) is 1. The quantitative estimate of drug-likeness (QED) is 0.599. The van der Waals surface area contributed by atoms with Crippen molar-refractivity contribution in [3.8, 4) is 0 Å². The summed E-state index contributed by atoms with van der Waals surface area (Å²) in [5, 5.41) is 0. The summed E-state index contributed by atoms with van der Waals surface area (Å²) < 4.78 is 0. The molecule has 0 aromatic rings. The van der Waals surface area contributed by atoms with E-state index in [1.54, 1.807) is 0 Å². The van der Waals surface area contributed by atoms with Gasteiger partial charge in [0, 0.05) is 13.1 Å². The Morgan fingerprint density at radius 3 is 1.87 bits per heavy atom. The second-order valence-corrected chi connectivity index (χ2v) is 4.20. The molecule has 1 aliphatic heterocycles. The molecule has 0 N–H and O–H groups in total. The standard InChI is InChI=1S/C7H6.C6H11NO/c1-2-7-4-3-6(1)5-7;8-6-7-4-2-1-3-5-7/h1-4H,5H2;6H,1-5H2. The number of amides is 1. The second-order valence-electron chi connectivity index (χ2n) is 4.20. The van der Waals surface area contributed by atoms with Crippen molar-refractivity contribution in [2.45, 2.75) is 25.7 Å². The third kappa shape index (κ3) is 2.82. The minimum absolute atomic E-state index is 0.944. The number of fused-ring (bicyclic) bond motifs is 2. The zero-order valence-electron chi connectivity index (χ0n) is 8.98. The minimum atomic E-state index is 0.944. The van der Waals surface area contributed by atoms with Crippen LogP contribution in [-0.2, 0) is 4.79 Å². The van der Waals surface area contributed by atoms with Crippen LogP contribution in [0.1, 0.15) is 25.7 Å². The summed E-state index contributed by atoms with van der Waals surface area (Å²) in [5.41, 5.74) is 2.94. The topological polar surface area (TPSA) is 20.3 Å². The Bertz CT molecular complexity index is 299. The van der Waals surface area contributed by atoms with Crippen LogP contribution in [0.4, 0.5) is 0 Å². The molecule has 0 spiro atoms. The van der Waals surface area contributed by atoms with Crippen molar-refractivity contribution in [3.63, 3.8) is 0 Å². The van der Waals surface area contributed by atoms with Gasteiger partial charge in [0.2, 0.25) is 6.41 Å². The minimum Gasteiger partial charge on any atom is -0.345 e. The molecular weight excluding hydrogens is 186 g/mol. The SMILES string of the molecule is C1=CC2=CC=C1C2.O=CN1CCCCC1. The molecule has 3 rings (SSSR count). The number of rotatable bonds is 1. The summed E-state index contributed by atoms with van der Waals surface area (Å²) in [6.45, 7) is 1.95. The first-order valence-corrected chi connectivity index (χ1v) is 5.65. The lowest BCUT2D eigenvalue weighted by atomic mass is 10.1. The molecule has 2 aliphatic carbocycles. The summed E-state index contributed by atoms with van der Waals surface area (Å²) in [4.78, 5) is 11.9. The lowest BCUT2D eigenvalue weighted by Gasteiger charge is -2.21. The van der Waals surface area contributed by atoms with E-state index in [1.807, 2.05) is 4.90 Å². The van der Waals surface area contributed by atoms with Crippen molar-refractivity contribution in [2.24, 2.45) is 0 Å². The van der Waals surface area contributed by atoms with Gasteiger partial charge in [-0.05, 0) is 36.8 Å². The molecule has 2 nitrogen and oxygen atoms in total. The van der Waals surface area contributed by atoms with E-state index in [9.17, 15) is 4.79 Å². The van der Waals surface area contributed by atoms with Gasteiger partial charge < -0.3 is 4.90 Å². The highest BCUT2D eigenvalue weighted by molar-refractivity contribution is 5.49. The predicted octanol–water partition coefficient (Wildman–Crippen LogP) is 2.44. The number of allylic oxidation sites excluding steroid dienone is 6. The van der Waals surface area contributed by atoms with E-state index in [-0.39, 0.29) is 0 Å². The molecule has 1 saturated heterocycles. The molecule has 0 aromatic heterocycles. The van der Waals surface area contributed by atoms with Gasteiger partial charge in [0.1, 0.15) is 0 Å². The van der Waals surface area contributed by atoms with Crippen molar-refractivity contribution in [2.75, 3.05) is 13.1 Å². The van der Waals surface area contributed by atoms with Gasteiger partial charge in [-0.2, -0.15) is 0 Å². The maximum Gasteiger partial charge on any atom is 0.209 e. The number of piperidine rings is 1. The van der Waals surface area contributed by atoms with Crippen LogP contribution in [-0.4, -0.2) is 24.4 Å². The van der Waals surface area contributed by atoms with Crippen LogP contribution in [0, 0.1) is 0 Å². The molecule has 2 bridgehead atoms. The largest absolute Gasteiger partial charge is 0.345 e. The average molecular weight is 203 g/mol. The van der Waals surface area contributed by atoms with Crippen LogP contribution >= 0.6 is 0 Å². The van der Waals surface area contributed by atoms with Crippen LogP contribution in [0.3, 0.4) is 0 Å². The average Bonchev–Trinajstić information content (AvgIpc) is 2.95. The third-order valence-corrected chi connectivity index (χ3v) is 2.97. The summed E-state index contributed by atoms with van der Waals surface area (Å²) in [7, 11) is 0. The molecule has 15 heavy (non-hydrogen) atoms. The Morgan fingerprint density at radius 1 is 1.00 bits per heavy atom. The zero-order chi connectivity index (χ0) is 10.5. The molecular formula is C13H17NO. The number of carbonyl (C=O) groups is 1. The first-order valence-electron chi connectivity index (χ1n) is 5.65. The Kier molecular flexibility index (Phi) is 3.38. The summed E-state index contributed by atoms with van der Waals surface area (Å²) >= 11 is 0. The van der Waals surface area contributed by atoms with Crippen LogP contribution in [0.5, 0.6) is 0 Å². The molecule has 1 heterocycles. The fourth-order valence-corrected chi connectivity index (χ4v) is 2.03. The van der Waals surface area contributed by atoms with E-state index in [0.717, 1.165) is 19.5 Å². The number of carbonyl (C=O) groups excluding carboxylic acids is 1. The summed E-state index contributed by atoms with van der Waals surface area (Å²) in [6.07, 6.45) is 14.5. The van der Waals surface area contributed by atoms with Crippen LogP contribution in [0.2, 0.25) is 0 Å².